The Bertz CT molecular complexity index is 1420. The fraction of sp³-hybridized carbons (Fsp3) is 0.393. The molecule has 0 saturated heterocycles. The van der Waals surface area contributed by atoms with E-state index in [-0.39, 0.29) is 18.2 Å². The Labute approximate surface area is 218 Å². The van der Waals surface area contributed by atoms with Gasteiger partial charge in [-0.1, -0.05) is 31.5 Å². The second-order valence-electron chi connectivity index (χ2n) is 8.75. The molecular formula is C28H38N6O3. The van der Waals surface area contributed by atoms with Crippen LogP contribution in [-0.2, 0) is 19.5 Å². The van der Waals surface area contributed by atoms with Crippen molar-refractivity contribution >= 4 is 11.6 Å². The molecule has 4 rings (SSSR count). The van der Waals surface area contributed by atoms with Gasteiger partial charge in [0.25, 0.3) is 0 Å². The van der Waals surface area contributed by atoms with Crippen molar-refractivity contribution in [2.45, 2.75) is 54.1 Å². The molecule has 0 spiro atoms. The van der Waals surface area contributed by atoms with E-state index in [4.69, 9.17) is 25.9 Å². The van der Waals surface area contributed by atoms with Gasteiger partial charge in [-0.05, 0) is 56.0 Å². The Morgan fingerprint density at radius 1 is 0.973 bits per heavy atom. The first kappa shape index (κ1) is 27.6. The Balaban J connectivity index is 0.00000186. The molecule has 1 aromatic heterocycles. The van der Waals surface area contributed by atoms with Gasteiger partial charge in [-0.25, -0.2) is 9.79 Å². The van der Waals surface area contributed by atoms with Crippen molar-refractivity contribution in [2.75, 3.05) is 20.8 Å². The van der Waals surface area contributed by atoms with E-state index in [0.717, 1.165) is 33.6 Å². The molecule has 37 heavy (non-hydrogen) atoms. The van der Waals surface area contributed by atoms with Crippen LogP contribution in [0.5, 0.6) is 11.5 Å². The lowest BCUT2D eigenvalue weighted by Gasteiger charge is -2.24. The summed E-state index contributed by atoms with van der Waals surface area (Å²) < 4.78 is 14.4. The lowest BCUT2D eigenvalue weighted by atomic mass is 9.97. The lowest BCUT2D eigenvalue weighted by molar-refractivity contribution is 0.354. The van der Waals surface area contributed by atoms with Gasteiger partial charge in [0, 0.05) is 24.7 Å². The Kier molecular flexibility index (Phi) is 8.81. The highest BCUT2D eigenvalue weighted by Crippen LogP contribution is 2.37. The average Bonchev–Trinajstić information content (AvgIpc) is 2.87. The molecule has 0 atom stereocenters. The van der Waals surface area contributed by atoms with Crippen LogP contribution in [0.15, 0.2) is 45.1 Å². The van der Waals surface area contributed by atoms with Crippen molar-refractivity contribution in [3.05, 3.63) is 68.6 Å². The average molecular weight is 507 g/mol. The molecule has 0 amide bonds. The van der Waals surface area contributed by atoms with Crippen LogP contribution in [0, 0.1) is 20.8 Å². The van der Waals surface area contributed by atoms with Crippen LogP contribution in [-0.4, -0.2) is 35.9 Å². The van der Waals surface area contributed by atoms with Gasteiger partial charge >= 0.3 is 5.69 Å². The Morgan fingerprint density at radius 3 is 2.19 bits per heavy atom. The molecule has 1 aliphatic heterocycles. The third-order valence-corrected chi connectivity index (χ3v) is 6.26. The number of aromatic nitrogens is 2. The van der Waals surface area contributed by atoms with E-state index in [1.165, 1.54) is 5.56 Å². The van der Waals surface area contributed by atoms with Crippen molar-refractivity contribution in [3.8, 4) is 22.8 Å². The van der Waals surface area contributed by atoms with E-state index < -0.39 is 0 Å². The van der Waals surface area contributed by atoms with Crippen molar-refractivity contribution < 1.29 is 9.47 Å². The van der Waals surface area contributed by atoms with Crippen LogP contribution in [0.2, 0.25) is 0 Å². The number of aliphatic imine (C=N–C) groups is 1. The van der Waals surface area contributed by atoms with Gasteiger partial charge in [-0.3, -0.25) is 14.1 Å². The van der Waals surface area contributed by atoms with Crippen molar-refractivity contribution in [3.63, 3.8) is 0 Å². The summed E-state index contributed by atoms with van der Waals surface area (Å²) >= 11 is 0. The number of ether oxygens (including phenoxy) is 2. The summed E-state index contributed by atoms with van der Waals surface area (Å²) in [5.74, 6) is 1.27. The van der Waals surface area contributed by atoms with Gasteiger partial charge < -0.3 is 20.9 Å². The Hall–Kier alpha value is -4.01. The highest BCUT2D eigenvalue weighted by atomic mass is 16.5. The number of hydrogen-bond donors (Lipinski definition) is 2. The minimum Gasteiger partial charge on any atom is -0.493 e. The fourth-order valence-corrected chi connectivity index (χ4v) is 4.71. The summed E-state index contributed by atoms with van der Waals surface area (Å²) in [7, 11) is 3.22. The molecule has 3 aromatic rings. The summed E-state index contributed by atoms with van der Waals surface area (Å²) in [6.07, 6.45) is 0.698. The van der Waals surface area contributed by atoms with Gasteiger partial charge in [0.15, 0.2) is 17.5 Å². The SMILES string of the molecule is CC.COc1cc2c(cc1OC)-c1cc(=Nc3c(C)cc(C)cc3C)n(CCN=C(N)N)c(=O)n1CC2. The number of fused-ring (bicyclic) bond motifs is 3. The van der Waals surface area contributed by atoms with Crippen LogP contribution in [0.4, 0.5) is 5.69 Å². The van der Waals surface area contributed by atoms with E-state index in [1.807, 2.05) is 45.9 Å². The number of guanidine groups is 1. The van der Waals surface area contributed by atoms with Crippen LogP contribution >= 0.6 is 0 Å². The third kappa shape index (κ3) is 5.71. The maximum absolute atomic E-state index is 13.7. The monoisotopic (exact) mass is 506 g/mol. The third-order valence-electron chi connectivity index (χ3n) is 6.26. The zero-order valence-electron chi connectivity index (χ0n) is 22.9. The van der Waals surface area contributed by atoms with Crippen LogP contribution in [0.1, 0.15) is 36.1 Å². The highest BCUT2D eigenvalue weighted by Gasteiger charge is 2.22. The number of rotatable bonds is 6. The van der Waals surface area contributed by atoms with Crippen molar-refractivity contribution in [2.24, 2.45) is 21.5 Å². The molecule has 0 bridgehead atoms. The molecule has 0 aliphatic carbocycles. The second-order valence-corrected chi connectivity index (χ2v) is 8.75. The summed E-state index contributed by atoms with van der Waals surface area (Å²) in [4.78, 5) is 22.8. The molecule has 0 fully saturated rings. The number of hydrogen-bond acceptors (Lipinski definition) is 5. The number of benzene rings is 2. The van der Waals surface area contributed by atoms with Crippen LogP contribution < -0.4 is 32.1 Å². The maximum Gasteiger partial charge on any atom is 0.330 e. The zero-order valence-corrected chi connectivity index (χ0v) is 22.9. The molecule has 9 nitrogen and oxygen atoms in total. The normalized spacial score (nSPS) is 12.1. The summed E-state index contributed by atoms with van der Waals surface area (Å²) in [6.45, 7) is 11.2. The molecule has 2 heterocycles. The molecule has 198 valence electrons. The standard InChI is InChI=1S/C26H32N6O3.C2H6/c1-15-10-16(2)24(17(3)11-15)30-23-14-20-19-13-22(35-5)21(34-4)12-18(19)6-8-31(20)26(33)32(23)9-7-29-25(27)28;1-2/h10-14H,6-9H2,1-5H3,(H4,27,28,29);1-2H3. The smallest absolute Gasteiger partial charge is 0.330 e. The maximum atomic E-state index is 13.7. The first-order chi connectivity index (χ1) is 17.7. The Morgan fingerprint density at radius 2 is 1.59 bits per heavy atom. The van der Waals surface area contributed by atoms with Crippen LogP contribution in [0.25, 0.3) is 11.3 Å². The largest absolute Gasteiger partial charge is 0.493 e. The second kappa shape index (κ2) is 11.8. The number of aryl methyl sites for hydroxylation is 4. The summed E-state index contributed by atoms with van der Waals surface area (Å²) in [6, 6.07) is 10.0. The lowest BCUT2D eigenvalue weighted by Crippen LogP contribution is -2.42. The van der Waals surface area contributed by atoms with Gasteiger partial charge in [-0.15, -0.1) is 0 Å². The molecule has 0 radical (unpaired) electrons. The van der Waals surface area contributed by atoms with Crippen LogP contribution in [0.3, 0.4) is 0 Å². The van der Waals surface area contributed by atoms with E-state index in [9.17, 15) is 4.79 Å². The van der Waals surface area contributed by atoms with Gasteiger partial charge in [0.05, 0.1) is 32.1 Å². The molecular weight excluding hydrogens is 468 g/mol. The van der Waals surface area contributed by atoms with Gasteiger partial charge in [0.2, 0.25) is 0 Å². The summed E-state index contributed by atoms with van der Waals surface area (Å²) in [5.41, 5.74) is 18.3. The molecule has 1 aliphatic rings. The first-order valence-electron chi connectivity index (χ1n) is 12.5. The van der Waals surface area contributed by atoms with E-state index >= 15 is 0 Å². The quantitative estimate of drug-likeness (QED) is 0.392. The highest BCUT2D eigenvalue weighted by molar-refractivity contribution is 5.75. The molecule has 0 saturated carbocycles. The van der Waals surface area contributed by atoms with E-state index in [2.05, 4.69) is 24.0 Å². The number of nitrogens with zero attached hydrogens (tertiary/aromatic N) is 4. The van der Waals surface area contributed by atoms with E-state index in [0.29, 0.717) is 36.5 Å². The fourth-order valence-electron chi connectivity index (χ4n) is 4.71. The van der Waals surface area contributed by atoms with Crippen molar-refractivity contribution in [1.29, 1.82) is 0 Å². The number of methoxy groups -OCH3 is 2. The topological polar surface area (TPSA) is 122 Å². The van der Waals surface area contributed by atoms with E-state index in [1.54, 1.807) is 23.4 Å². The van der Waals surface area contributed by atoms with Gasteiger partial charge in [0.1, 0.15) is 5.49 Å². The first-order valence-corrected chi connectivity index (χ1v) is 12.5. The molecule has 0 unspecified atom stereocenters. The zero-order chi connectivity index (χ0) is 27.3. The summed E-state index contributed by atoms with van der Waals surface area (Å²) in [5, 5.41) is 0. The number of nitrogens with two attached hydrogens (primary N) is 2. The predicted octanol–water partition coefficient (Wildman–Crippen LogP) is 3.35. The van der Waals surface area contributed by atoms with Crippen molar-refractivity contribution in [1.82, 2.24) is 9.13 Å². The molecule has 9 heteroatoms. The van der Waals surface area contributed by atoms with Gasteiger partial charge in [-0.2, -0.15) is 0 Å². The predicted molar refractivity (Wildman–Crippen MR) is 149 cm³/mol. The minimum atomic E-state index is -0.158. The molecule has 2 aromatic carbocycles. The minimum absolute atomic E-state index is 0.0117. The molecule has 4 N–H and O–H groups in total.